The number of rotatable bonds is 6. The predicted octanol–water partition coefficient (Wildman–Crippen LogP) is 1.83. The van der Waals surface area contributed by atoms with Gasteiger partial charge in [-0.25, -0.2) is 8.42 Å². The number of halogens is 1. The summed E-state index contributed by atoms with van der Waals surface area (Å²) in [5.74, 6) is -0.0312. The Balaban J connectivity index is 2.45. The maximum absolute atomic E-state index is 12.3. The second-order valence-electron chi connectivity index (χ2n) is 5.28. The van der Waals surface area contributed by atoms with Crippen molar-refractivity contribution in [3.8, 4) is 0 Å². The molecule has 0 aromatic heterocycles. The summed E-state index contributed by atoms with van der Waals surface area (Å²) in [6.45, 7) is 2.28. The fraction of sp³-hybridized carbons (Fsp3) is 0.571. The molecule has 1 fully saturated rings. The molecule has 0 heterocycles. The lowest BCUT2D eigenvalue weighted by atomic mass is 10.00. The molecule has 0 bridgehead atoms. The van der Waals surface area contributed by atoms with Crippen molar-refractivity contribution < 1.29 is 13.2 Å². The summed E-state index contributed by atoms with van der Waals surface area (Å²) < 4.78 is 29.9. The van der Waals surface area contributed by atoms with Gasteiger partial charge >= 0.3 is 0 Å². The third kappa shape index (κ3) is 2.48. The Hall–Kier alpha value is -0.620. The first-order chi connectivity index (χ1) is 9.43. The molecule has 0 spiro atoms. The molecule has 0 unspecified atom stereocenters. The van der Waals surface area contributed by atoms with Gasteiger partial charge in [0.25, 0.3) is 0 Å². The Morgan fingerprint density at radius 2 is 2.15 bits per heavy atom. The average molecular weight is 318 g/mol. The molecule has 1 aromatic carbocycles. The minimum absolute atomic E-state index is 0.111. The Bertz CT molecular complexity index is 590. The van der Waals surface area contributed by atoms with Crippen LogP contribution in [0.3, 0.4) is 0 Å². The van der Waals surface area contributed by atoms with Gasteiger partial charge in [-0.3, -0.25) is 0 Å². The second kappa shape index (κ2) is 5.64. The molecule has 2 N–H and O–H groups in total. The van der Waals surface area contributed by atoms with E-state index in [0.717, 1.165) is 5.56 Å². The molecule has 3 atom stereocenters. The smallest absolute Gasteiger partial charge is 0.154 e. The Morgan fingerprint density at radius 1 is 1.45 bits per heavy atom. The quantitative estimate of drug-likeness (QED) is 0.869. The number of nitrogens with two attached hydrogens (primary N) is 1. The Kier molecular flexibility index (Phi) is 4.44. The lowest BCUT2D eigenvalue weighted by Crippen LogP contribution is -2.28. The van der Waals surface area contributed by atoms with Gasteiger partial charge in [0.2, 0.25) is 0 Å². The van der Waals surface area contributed by atoms with Crippen LogP contribution in [0, 0.1) is 5.41 Å². The zero-order chi connectivity index (χ0) is 15.0. The molecule has 1 aliphatic carbocycles. The van der Waals surface area contributed by atoms with Gasteiger partial charge in [-0.15, -0.1) is 0 Å². The van der Waals surface area contributed by atoms with Crippen LogP contribution in [0.5, 0.6) is 0 Å². The van der Waals surface area contributed by atoms with E-state index < -0.39 is 20.5 Å². The van der Waals surface area contributed by atoms with Crippen molar-refractivity contribution in [1.29, 1.82) is 0 Å². The van der Waals surface area contributed by atoms with E-state index in [1.807, 2.05) is 18.2 Å². The zero-order valence-electron chi connectivity index (χ0n) is 11.7. The van der Waals surface area contributed by atoms with Crippen molar-refractivity contribution >= 4 is 21.4 Å². The molecular weight excluding hydrogens is 298 g/mol. The van der Waals surface area contributed by atoms with Gasteiger partial charge in [-0.1, -0.05) is 30.7 Å². The maximum Gasteiger partial charge on any atom is 0.154 e. The van der Waals surface area contributed by atoms with Crippen LogP contribution in [0.1, 0.15) is 18.4 Å². The molecule has 1 aliphatic rings. The lowest BCUT2D eigenvalue weighted by Gasteiger charge is -2.14. The van der Waals surface area contributed by atoms with E-state index in [0.29, 0.717) is 11.6 Å². The van der Waals surface area contributed by atoms with Gasteiger partial charge in [0.1, 0.15) is 0 Å². The fourth-order valence-corrected chi connectivity index (χ4v) is 5.50. The molecule has 1 aromatic rings. The van der Waals surface area contributed by atoms with Gasteiger partial charge in [0.05, 0.1) is 11.9 Å². The highest BCUT2D eigenvalue weighted by atomic mass is 35.5. The van der Waals surface area contributed by atoms with Gasteiger partial charge in [-0.2, -0.15) is 0 Å². The summed E-state index contributed by atoms with van der Waals surface area (Å²) in [5, 5.41) is 0.119. The third-order valence-corrected chi connectivity index (χ3v) is 6.73. The molecule has 1 saturated carbocycles. The molecule has 0 aliphatic heterocycles. The van der Waals surface area contributed by atoms with Crippen molar-refractivity contribution in [2.75, 3.05) is 26.0 Å². The van der Waals surface area contributed by atoms with Crippen LogP contribution in [-0.4, -0.2) is 39.7 Å². The van der Waals surface area contributed by atoms with E-state index >= 15 is 0 Å². The van der Waals surface area contributed by atoms with E-state index in [1.54, 1.807) is 20.1 Å². The second-order valence-corrected chi connectivity index (χ2v) is 8.12. The Morgan fingerprint density at radius 3 is 2.65 bits per heavy atom. The standard InChI is InChI=1S/C14H20ClNO3S/c1-3-20(17,18)13-12(14(13,8-16)9-19-2)10-5-4-6-11(15)7-10/h4-7,12-13H,3,8-9,16H2,1-2H3/t12-,13-,14-/m1/s1. The predicted molar refractivity (Wildman–Crippen MR) is 80.8 cm³/mol. The van der Waals surface area contributed by atoms with Crippen LogP contribution in [0.15, 0.2) is 24.3 Å². The average Bonchev–Trinajstić information content (AvgIpc) is 3.09. The molecule has 2 rings (SSSR count). The highest BCUT2D eigenvalue weighted by Crippen LogP contribution is 2.62. The Labute approximate surface area is 125 Å². The van der Waals surface area contributed by atoms with Crippen molar-refractivity contribution in [1.82, 2.24) is 0 Å². The summed E-state index contributed by atoms with van der Waals surface area (Å²) in [5.41, 5.74) is 6.27. The van der Waals surface area contributed by atoms with Crippen LogP contribution in [-0.2, 0) is 14.6 Å². The van der Waals surface area contributed by atoms with Crippen LogP contribution >= 0.6 is 11.6 Å². The van der Waals surface area contributed by atoms with Crippen LogP contribution < -0.4 is 5.73 Å². The first-order valence-electron chi connectivity index (χ1n) is 6.59. The maximum atomic E-state index is 12.3. The molecule has 20 heavy (non-hydrogen) atoms. The van der Waals surface area contributed by atoms with Crippen LogP contribution in [0.25, 0.3) is 0 Å². The molecule has 112 valence electrons. The fourth-order valence-electron chi connectivity index (χ4n) is 3.15. The largest absolute Gasteiger partial charge is 0.384 e. The first-order valence-corrected chi connectivity index (χ1v) is 8.68. The summed E-state index contributed by atoms with van der Waals surface area (Å²) in [4.78, 5) is 0. The SMILES string of the molecule is CCS(=O)(=O)[C@@H]1[C@@H](c2cccc(Cl)c2)[C@@]1(CN)COC. The molecule has 0 amide bonds. The number of ether oxygens (including phenoxy) is 1. The summed E-state index contributed by atoms with van der Waals surface area (Å²) in [6.07, 6.45) is 0. The highest BCUT2D eigenvalue weighted by Gasteiger charge is 2.69. The van der Waals surface area contributed by atoms with E-state index in [-0.39, 0.29) is 18.2 Å². The van der Waals surface area contributed by atoms with Crippen molar-refractivity contribution in [3.05, 3.63) is 34.9 Å². The van der Waals surface area contributed by atoms with Crippen molar-refractivity contribution in [2.24, 2.45) is 11.1 Å². The van der Waals surface area contributed by atoms with Gasteiger partial charge < -0.3 is 10.5 Å². The highest BCUT2D eigenvalue weighted by molar-refractivity contribution is 7.92. The van der Waals surface area contributed by atoms with Crippen LogP contribution in [0.2, 0.25) is 5.02 Å². The van der Waals surface area contributed by atoms with Crippen molar-refractivity contribution in [3.63, 3.8) is 0 Å². The normalized spacial score (nSPS) is 29.4. The number of sulfone groups is 1. The van der Waals surface area contributed by atoms with E-state index in [9.17, 15) is 8.42 Å². The zero-order valence-corrected chi connectivity index (χ0v) is 13.2. The van der Waals surface area contributed by atoms with E-state index in [2.05, 4.69) is 0 Å². The van der Waals surface area contributed by atoms with Crippen molar-refractivity contribution in [2.45, 2.75) is 18.1 Å². The van der Waals surface area contributed by atoms with Gasteiger partial charge in [0.15, 0.2) is 9.84 Å². The van der Waals surface area contributed by atoms with Crippen LogP contribution in [0.4, 0.5) is 0 Å². The van der Waals surface area contributed by atoms with Gasteiger partial charge in [-0.05, 0) is 17.7 Å². The third-order valence-electron chi connectivity index (χ3n) is 4.17. The van der Waals surface area contributed by atoms with E-state index in [4.69, 9.17) is 22.1 Å². The number of methoxy groups -OCH3 is 1. The number of hydrogen-bond acceptors (Lipinski definition) is 4. The summed E-state index contributed by atoms with van der Waals surface area (Å²) >= 11 is 6.01. The van der Waals surface area contributed by atoms with Gasteiger partial charge in [0, 0.05) is 35.8 Å². The minimum Gasteiger partial charge on any atom is -0.384 e. The number of hydrogen-bond donors (Lipinski definition) is 1. The first kappa shape index (κ1) is 15.8. The molecule has 0 saturated heterocycles. The molecule has 0 radical (unpaired) electrons. The molecule has 4 nitrogen and oxygen atoms in total. The van der Waals surface area contributed by atoms with E-state index in [1.165, 1.54) is 0 Å². The number of benzene rings is 1. The molecule has 6 heteroatoms. The molecular formula is C14H20ClNO3S. The summed E-state index contributed by atoms with van der Waals surface area (Å²) in [7, 11) is -1.61. The minimum atomic E-state index is -3.18. The monoisotopic (exact) mass is 317 g/mol. The topological polar surface area (TPSA) is 69.4 Å². The summed E-state index contributed by atoms with van der Waals surface area (Å²) in [6, 6.07) is 7.33. The lowest BCUT2D eigenvalue weighted by molar-refractivity contribution is 0.142.